The molecular weight excluding hydrogens is 324 g/mol. The van der Waals surface area contributed by atoms with E-state index in [0.29, 0.717) is 0 Å². The molecule has 3 aromatic rings. The van der Waals surface area contributed by atoms with Crippen LogP contribution in [-0.4, -0.2) is 0 Å². The van der Waals surface area contributed by atoms with Gasteiger partial charge in [-0.25, -0.2) is 0 Å². The molecule has 4 rings (SSSR count). The summed E-state index contributed by atoms with van der Waals surface area (Å²) in [7, 11) is 0. The van der Waals surface area contributed by atoms with E-state index >= 15 is 0 Å². The summed E-state index contributed by atoms with van der Waals surface area (Å²) < 4.78 is 0. The van der Waals surface area contributed by atoms with E-state index in [0.717, 1.165) is 0 Å². The molecule has 0 heterocycles. The molecule has 0 atom stereocenters. The van der Waals surface area contributed by atoms with Gasteiger partial charge < -0.3 is 0 Å². The van der Waals surface area contributed by atoms with Gasteiger partial charge in [0.2, 0.25) is 0 Å². The topological polar surface area (TPSA) is 0 Å². The Hall–Kier alpha value is -2.08. The van der Waals surface area contributed by atoms with Crippen LogP contribution >= 0.6 is 0 Å². The smallest absolute Gasteiger partial charge is 0.0152 e. The summed E-state index contributed by atoms with van der Waals surface area (Å²) in [5, 5.41) is 2.75. The second kappa shape index (κ2) is 11.6. The molecule has 0 aromatic heterocycles. The first-order valence-corrected chi connectivity index (χ1v) is 10.6. The van der Waals surface area contributed by atoms with Gasteiger partial charge >= 0.3 is 0 Å². The molecule has 146 valence electrons. The fourth-order valence-electron chi connectivity index (χ4n) is 3.67. The zero-order valence-electron chi connectivity index (χ0n) is 18.7. The van der Waals surface area contributed by atoms with Gasteiger partial charge in [0.25, 0.3) is 0 Å². The summed E-state index contributed by atoms with van der Waals surface area (Å²) in [5.74, 6) is 0. The summed E-state index contributed by atoms with van der Waals surface area (Å²) in [6.07, 6.45) is 3.98. The standard InChI is InChI=1S/C12H12.C11H14.2C2H6/c1-9-7-8-10(2)12-6-4-3-5-11(9)12;1-8-6-7-9(2)11-5-3-4-10(8)11;2*1-2/h3-8H,1-2H3;6-7H,3-5H2,1-2H3;2*1-2H3. The highest BCUT2D eigenvalue weighted by atomic mass is 14.2. The first kappa shape index (κ1) is 23.0. The average molecular weight is 363 g/mol. The van der Waals surface area contributed by atoms with Gasteiger partial charge in [-0.3, -0.25) is 0 Å². The van der Waals surface area contributed by atoms with E-state index in [1.807, 2.05) is 27.7 Å². The number of aryl methyl sites for hydroxylation is 4. The summed E-state index contributed by atoms with van der Waals surface area (Å²) in [6.45, 7) is 16.8. The quantitative estimate of drug-likeness (QED) is 0.377. The minimum atomic E-state index is 1.31. The number of hydrogen-bond donors (Lipinski definition) is 0. The number of fused-ring (bicyclic) bond motifs is 2. The van der Waals surface area contributed by atoms with E-state index in [1.54, 1.807) is 11.1 Å². The lowest BCUT2D eigenvalue weighted by atomic mass is 10.0. The maximum absolute atomic E-state index is 2.25. The zero-order chi connectivity index (χ0) is 20.4. The average Bonchev–Trinajstić information content (AvgIpc) is 3.23. The Labute approximate surface area is 167 Å². The second-order valence-electron chi connectivity index (χ2n) is 6.75. The van der Waals surface area contributed by atoms with Crippen LogP contribution < -0.4 is 0 Å². The van der Waals surface area contributed by atoms with E-state index in [2.05, 4.69) is 76.2 Å². The van der Waals surface area contributed by atoms with Crippen molar-refractivity contribution in [1.29, 1.82) is 0 Å². The van der Waals surface area contributed by atoms with Crippen molar-refractivity contribution in [3.05, 3.63) is 81.9 Å². The van der Waals surface area contributed by atoms with E-state index < -0.39 is 0 Å². The Balaban J connectivity index is 0.000000229. The highest BCUT2D eigenvalue weighted by Gasteiger charge is 2.13. The Morgan fingerprint density at radius 3 is 1.19 bits per heavy atom. The highest BCUT2D eigenvalue weighted by Crippen LogP contribution is 2.27. The van der Waals surface area contributed by atoms with E-state index in [4.69, 9.17) is 0 Å². The molecule has 0 N–H and O–H groups in total. The lowest BCUT2D eigenvalue weighted by Crippen LogP contribution is -1.90. The molecular formula is C27H38. The molecule has 3 aromatic carbocycles. The third-order valence-corrected chi connectivity index (χ3v) is 5.11. The summed E-state index contributed by atoms with van der Waals surface area (Å²) in [5.41, 5.74) is 8.95. The molecule has 0 fully saturated rings. The van der Waals surface area contributed by atoms with Crippen molar-refractivity contribution in [1.82, 2.24) is 0 Å². The van der Waals surface area contributed by atoms with Gasteiger partial charge in [0.05, 0.1) is 0 Å². The third kappa shape index (κ3) is 5.70. The molecule has 0 amide bonds. The first-order valence-electron chi connectivity index (χ1n) is 10.6. The Morgan fingerprint density at radius 1 is 0.481 bits per heavy atom. The van der Waals surface area contributed by atoms with Crippen molar-refractivity contribution in [2.45, 2.75) is 74.7 Å². The molecule has 0 heteroatoms. The predicted molar refractivity (Wildman–Crippen MR) is 124 cm³/mol. The monoisotopic (exact) mass is 362 g/mol. The molecule has 27 heavy (non-hydrogen) atoms. The van der Waals surface area contributed by atoms with Crippen LogP contribution in [0.1, 0.15) is 67.5 Å². The van der Waals surface area contributed by atoms with E-state index in [-0.39, 0.29) is 0 Å². The van der Waals surface area contributed by atoms with Gasteiger partial charge in [0.1, 0.15) is 0 Å². The molecule has 1 aliphatic carbocycles. The Morgan fingerprint density at radius 2 is 0.815 bits per heavy atom. The number of hydrogen-bond acceptors (Lipinski definition) is 0. The number of rotatable bonds is 0. The maximum Gasteiger partial charge on any atom is -0.0152 e. The zero-order valence-corrected chi connectivity index (χ0v) is 18.7. The van der Waals surface area contributed by atoms with Crippen molar-refractivity contribution in [2.24, 2.45) is 0 Å². The van der Waals surface area contributed by atoms with Crippen LogP contribution in [-0.2, 0) is 12.8 Å². The fourth-order valence-corrected chi connectivity index (χ4v) is 3.67. The lowest BCUT2D eigenvalue weighted by molar-refractivity contribution is 0.907. The molecule has 0 radical (unpaired) electrons. The normalized spacial score (nSPS) is 11.3. The summed E-state index contributed by atoms with van der Waals surface area (Å²) in [4.78, 5) is 0. The molecule has 0 bridgehead atoms. The van der Waals surface area contributed by atoms with Crippen molar-refractivity contribution in [3.63, 3.8) is 0 Å². The number of benzene rings is 3. The van der Waals surface area contributed by atoms with Gasteiger partial charge in [-0.15, -0.1) is 0 Å². The van der Waals surface area contributed by atoms with Gasteiger partial charge in [-0.05, 0) is 91.1 Å². The molecule has 0 unspecified atom stereocenters. The Kier molecular flexibility index (Phi) is 9.86. The fraction of sp³-hybridized carbons (Fsp3) is 0.407. The maximum atomic E-state index is 2.25. The van der Waals surface area contributed by atoms with Crippen LogP contribution in [0.5, 0.6) is 0 Å². The van der Waals surface area contributed by atoms with Gasteiger partial charge in [0.15, 0.2) is 0 Å². The van der Waals surface area contributed by atoms with Gasteiger partial charge in [-0.1, -0.05) is 76.2 Å². The molecule has 0 saturated carbocycles. The molecule has 0 nitrogen and oxygen atoms in total. The Bertz CT molecular complexity index is 771. The first-order chi connectivity index (χ1) is 13.1. The predicted octanol–water partition coefficient (Wildman–Crippen LogP) is 8.30. The largest absolute Gasteiger partial charge is 0.0683 e. The van der Waals surface area contributed by atoms with Gasteiger partial charge in [-0.2, -0.15) is 0 Å². The summed E-state index contributed by atoms with van der Waals surface area (Å²) in [6, 6.07) is 17.4. The van der Waals surface area contributed by atoms with Crippen LogP contribution in [0.4, 0.5) is 0 Å². The molecule has 1 aliphatic rings. The molecule has 0 spiro atoms. The van der Waals surface area contributed by atoms with Gasteiger partial charge in [0, 0.05) is 0 Å². The third-order valence-electron chi connectivity index (χ3n) is 5.11. The summed E-state index contributed by atoms with van der Waals surface area (Å²) >= 11 is 0. The minimum Gasteiger partial charge on any atom is -0.0683 e. The SMILES string of the molecule is CC.CC.Cc1ccc(C)c2c1CCC2.Cc1ccc(C)c2ccccc12. The van der Waals surface area contributed by atoms with Crippen LogP contribution in [0.2, 0.25) is 0 Å². The van der Waals surface area contributed by atoms with Crippen molar-refractivity contribution >= 4 is 10.8 Å². The highest BCUT2D eigenvalue weighted by molar-refractivity contribution is 5.88. The second-order valence-corrected chi connectivity index (χ2v) is 6.75. The van der Waals surface area contributed by atoms with Crippen LogP contribution in [0.3, 0.4) is 0 Å². The van der Waals surface area contributed by atoms with Crippen LogP contribution in [0.25, 0.3) is 10.8 Å². The van der Waals surface area contributed by atoms with Crippen LogP contribution in [0.15, 0.2) is 48.5 Å². The minimum absolute atomic E-state index is 1.31. The molecule has 0 aliphatic heterocycles. The van der Waals surface area contributed by atoms with Crippen molar-refractivity contribution < 1.29 is 0 Å². The molecule has 0 saturated heterocycles. The van der Waals surface area contributed by atoms with E-state index in [9.17, 15) is 0 Å². The van der Waals surface area contributed by atoms with Crippen molar-refractivity contribution in [2.75, 3.05) is 0 Å². The van der Waals surface area contributed by atoms with Crippen molar-refractivity contribution in [3.8, 4) is 0 Å². The van der Waals surface area contributed by atoms with E-state index in [1.165, 1.54) is 52.3 Å². The lowest BCUT2D eigenvalue weighted by Gasteiger charge is -2.05. The van der Waals surface area contributed by atoms with Crippen LogP contribution in [0, 0.1) is 27.7 Å².